The molecule has 2 unspecified atom stereocenters. The predicted octanol–water partition coefficient (Wildman–Crippen LogP) is 2.68. The molecule has 0 saturated carbocycles. The molecule has 0 spiro atoms. The van der Waals surface area contributed by atoms with E-state index in [-0.39, 0.29) is 24.0 Å². The number of ether oxygens (including phenoxy) is 1. The second kappa shape index (κ2) is 6.35. The molecule has 4 rings (SSSR count). The third-order valence-electron chi connectivity index (χ3n) is 5.44. The van der Waals surface area contributed by atoms with Crippen LogP contribution >= 0.6 is 0 Å². The van der Waals surface area contributed by atoms with E-state index in [0.29, 0.717) is 17.2 Å². The molecule has 2 aliphatic rings. The van der Waals surface area contributed by atoms with Gasteiger partial charge < -0.3 is 14.2 Å². The average molecular weight is 339 g/mol. The summed E-state index contributed by atoms with van der Waals surface area (Å²) >= 11 is 0. The number of carbonyl (C=O) groups is 2. The Morgan fingerprint density at radius 2 is 1.68 bits per heavy atom. The molecule has 2 bridgehead atoms. The van der Waals surface area contributed by atoms with E-state index in [2.05, 4.69) is 14.5 Å². The van der Waals surface area contributed by atoms with Crippen LogP contribution in [0.15, 0.2) is 43.0 Å². The molecule has 130 valence electrons. The van der Waals surface area contributed by atoms with Crippen LogP contribution in [0.3, 0.4) is 0 Å². The van der Waals surface area contributed by atoms with Gasteiger partial charge in [0.2, 0.25) is 0 Å². The van der Waals surface area contributed by atoms with Gasteiger partial charge in [-0.15, -0.1) is 0 Å². The van der Waals surface area contributed by atoms with Gasteiger partial charge in [-0.25, -0.2) is 9.78 Å². The van der Waals surface area contributed by atoms with Crippen molar-refractivity contribution in [3.63, 3.8) is 0 Å². The lowest BCUT2D eigenvalue weighted by Crippen LogP contribution is -2.46. The molecule has 0 radical (unpaired) electrons. The molecule has 1 aromatic heterocycles. The molecule has 2 fully saturated rings. The topological polar surface area (TPSA) is 64.4 Å². The minimum Gasteiger partial charge on any atom is -0.465 e. The molecular weight excluding hydrogens is 318 g/mol. The van der Waals surface area contributed by atoms with Gasteiger partial charge in [0.1, 0.15) is 0 Å². The first-order valence-corrected chi connectivity index (χ1v) is 8.66. The highest BCUT2D eigenvalue weighted by molar-refractivity contribution is 5.96. The fraction of sp³-hybridized carbons (Fsp3) is 0.421. The van der Waals surface area contributed by atoms with Crippen molar-refractivity contribution in [1.82, 2.24) is 14.5 Å². The van der Waals surface area contributed by atoms with Crippen molar-refractivity contribution < 1.29 is 14.3 Å². The van der Waals surface area contributed by atoms with Gasteiger partial charge in [0.25, 0.3) is 5.91 Å². The van der Waals surface area contributed by atoms with Crippen molar-refractivity contribution in [3.05, 3.63) is 54.1 Å². The zero-order valence-electron chi connectivity index (χ0n) is 14.2. The highest BCUT2D eigenvalue weighted by Crippen LogP contribution is 2.41. The Morgan fingerprint density at radius 3 is 2.24 bits per heavy atom. The maximum Gasteiger partial charge on any atom is 0.337 e. The summed E-state index contributed by atoms with van der Waals surface area (Å²) in [5.74, 6) is -0.326. The molecule has 3 heterocycles. The van der Waals surface area contributed by atoms with Crippen LogP contribution in [0.1, 0.15) is 52.4 Å². The summed E-state index contributed by atoms with van der Waals surface area (Å²) in [6, 6.07) is 7.72. The second-order valence-corrected chi connectivity index (χ2v) is 6.80. The van der Waals surface area contributed by atoms with Crippen molar-refractivity contribution in [2.45, 2.75) is 43.8 Å². The minimum absolute atomic E-state index is 0.0630. The van der Waals surface area contributed by atoms with Crippen molar-refractivity contribution in [2.24, 2.45) is 0 Å². The molecule has 2 aromatic rings. The monoisotopic (exact) mass is 339 g/mol. The number of rotatable bonds is 3. The molecule has 6 heteroatoms. The van der Waals surface area contributed by atoms with Crippen LogP contribution < -0.4 is 0 Å². The van der Waals surface area contributed by atoms with Crippen LogP contribution in [0.2, 0.25) is 0 Å². The molecule has 2 aliphatic heterocycles. The number of methoxy groups -OCH3 is 1. The zero-order valence-corrected chi connectivity index (χ0v) is 14.2. The fourth-order valence-electron chi connectivity index (χ4n) is 4.22. The van der Waals surface area contributed by atoms with E-state index in [1.165, 1.54) is 7.11 Å². The molecule has 6 nitrogen and oxygen atoms in total. The van der Waals surface area contributed by atoms with E-state index < -0.39 is 0 Å². The highest BCUT2D eigenvalue weighted by Gasteiger charge is 2.43. The summed E-state index contributed by atoms with van der Waals surface area (Å²) < 4.78 is 6.87. The van der Waals surface area contributed by atoms with Gasteiger partial charge >= 0.3 is 5.97 Å². The lowest BCUT2D eigenvalue weighted by Gasteiger charge is -2.39. The van der Waals surface area contributed by atoms with Crippen LogP contribution in [0, 0.1) is 0 Å². The van der Waals surface area contributed by atoms with E-state index in [1.807, 2.05) is 18.7 Å². The van der Waals surface area contributed by atoms with Gasteiger partial charge in [-0.2, -0.15) is 0 Å². The van der Waals surface area contributed by atoms with Crippen LogP contribution in [0.25, 0.3) is 0 Å². The van der Waals surface area contributed by atoms with Gasteiger partial charge in [-0.1, -0.05) is 0 Å². The number of benzene rings is 1. The van der Waals surface area contributed by atoms with Crippen LogP contribution in [0.5, 0.6) is 0 Å². The number of amides is 1. The van der Waals surface area contributed by atoms with Gasteiger partial charge in [0.05, 0.1) is 19.0 Å². The number of hydrogen-bond donors (Lipinski definition) is 0. The van der Waals surface area contributed by atoms with E-state index in [9.17, 15) is 9.59 Å². The lowest BCUT2D eigenvalue weighted by atomic mass is 9.96. The first-order chi connectivity index (χ1) is 12.2. The molecule has 0 aliphatic carbocycles. The number of fused-ring (bicyclic) bond motifs is 2. The third kappa shape index (κ3) is 2.81. The molecule has 2 atom stereocenters. The number of nitrogens with zero attached hydrogens (tertiary/aromatic N) is 3. The molecule has 1 aromatic carbocycles. The Morgan fingerprint density at radius 1 is 1.04 bits per heavy atom. The number of carbonyl (C=O) groups excluding carboxylic acids is 2. The summed E-state index contributed by atoms with van der Waals surface area (Å²) in [7, 11) is 1.35. The highest BCUT2D eigenvalue weighted by atomic mass is 16.5. The SMILES string of the molecule is COC(=O)c1ccc(C(=O)N2C3CCC2CC(n2ccnc2)C3)cc1. The Kier molecular flexibility index (Phi) is 4.03. The number of imidazole rings is 1. The summed E-state index contributed by atoms with van der Waals surface area (Å²) in [6.07, 6.45) is 9.74. The molecular formula is C19H21N3O3. The summed E-state index contributed by atoms with van der Waals surface area (Å²) in [5, 5.41) is 0. The van der Waals surface area contributed by atoms with E-state index in [1.54, 1.807) is 24.3 Å². The number of piperidine rings is 1. The fourth-order valence-corrected chi connectivity index (χ4v) is 4.22. The Balaban J connectivity index is 1.51. The van der Waals surface area contributed by atoms with Crippen LogP contribution in [-0.4, -0.2) is 45.5 Å². The quantitative estimate of drug-likeness (QED) is 0.807. The summed E-state index contributed by atoms with van der Waals surface area (Å²) in [6.45, 7) is 0. The number of hydrogen-bond acceptors (Lipinski definition) is 4. The van der Waals surface area contributed by atoms with Gasteiger partial charge in [-0.05, 0) is 49.9 Å². The maximum absolute atomic E-state index is 13.0. The lowest BCUT2D eigenvalue weighted by molar-refractivity contribution is 0.0531. The Labute approximate surface area is 146 Å². The van der Waals surface area contributed by atoms with Crippen LogP contribution in [-0.2, 0) is 4.74 Å². The van der Waals surface area contributed by atoms with Crippen molar-refractivity contribution in [1.29, 1.82) is 0 Å². The predicted molar refractivity (Wildman–Crippen MR) is 91.3 cm³/mol. The standard InChI is InChI=1S/C19H21N3O3/c1-25-19(24)14-4-2-13(3-5-14)18(23)22-15-6-7-16(22)11-17(10-15)21-9-8-20-12-21/h2-5,8-9,12,15-17H,6-7,10-11H2,1H3. The first kappa shape index (κ1) is 15.9. The van der Waals surface area contributed by atoms with Crippen molar-refractivity contribution >= 4 is 11.9 Å². The van der Waals surface area contributed by atoms with E-state index in [4.69, 9.17) is 4.74 Å². The smallest absolute Gasteiger partial charge is 0.337 e. The van der Waals surface area contributed by atoms with E-state index >= 15 is 0 Å². The molecule has 1 amide bonds. The molecule has 0 N–H and O–H groups in total. The minimum atomic E-state index is -0.389. The van der Waals surface area contributed by atoms with Gasteiger partial charge in [-0.3, -0.25) is 4.79 Å². The van der Waals surface area contributed by atoms with E-state index in [0.717, 1.165) is 25.7 Å². The molecule has 25 heavy (non-hydrogen) atoms. The molecule has 2 saturated heterocycles. The number of aromatic nitrogens is 2. The van der Waals surface area contributed by atoms with Crippen LogP contribution in [0.4, 0.5) is 0 Å². The maximum atomic E-state index is 13.0. The van der Waals surface area contributed by atoms with Crippen molar-refractivity contribution in [3.8, 4) is 0 Å². The normalized spacial score (nSPS) is 25.0. The number of esters is 1. The van der Waals surface area contributed by atoms with Gasteiger partial charge in [0, 0.05) is 36.1 Å². The van der Waals surface area contributed by atoms with Gasteiger partial charge in [0.15, 0.2) is 0 Å². The summed E-state index contributed by atoms with van der Waals surface area (Å²) in [4.78, 5) is 30.7. The zero-order chi connectivity index (χ0) is 17.4. The largest absolute Gasteiger partial charge is 0.465 e. The third-order valence-corrected chi connectivity index (χ3v) is 5.44. The second-order valence-electron chi connectivity index (χ2n) is 6.80. The average Bonchev–Trinajstić information content (AvgIpc) is 3.27. The first-order valence-electron chi connectivity index (χ1n) is 8.66. The summed E-state index contributed by atoms with van der Waals surface area (Å²) in [5.41, 5.74) is 1.09. The Bertz CT molecular complexity index is 756. The van der Waals surface area contributed by atoms with Crippen molar-refractivity contribution in [2.75, 3.05) is 7.11 Å². The Hall–Kier alpha value is -2.63.